The number of nitrogens with zero attached hydrogens (tertiary/aromatic N) is 1. The number of hydrogen-bond donors (Lipinski definition) is 2. The third-order valence-corrected chi connectivity index (χ3v) is 5.14. The number of aryl methyl sites for hydroxylation is 1. The van der Waals surface area contributed by atoms with Gasteiger partial charge < -0.3 is 15.2 Å². The van der Waals surface area contributed by atoms with Gasteiger partial charge in [0.05, 0.1) is 11.7 Å². The largest absolute Gasteiger partial charge is 0.488 e. The zero-order valence-electron chi connectivity index (χ0n) is 18.3. The monoisotopic (exact) mass is 458 g/mol. The molecule has 0 spiro atoms. The van der Waals surface area contributed by atoms with Crippen molar-refractivity contribution in [3.8, 4) is 16.9 Å². The normalized spacial score (nSPS) is 13.3. The van der Waals surface area contributed by atoms with Crippen LogP contribution in [0.3, 0.4) is 0 Å². The summed E-state index contributed by atoms with van der Waals surface area (Å²) < 4.78 is 45.4. The number of aromatic nitrogens is 1. The van der Waals surface area contributed by atoms with E-state index in [1.807, 2.05) is 12.1 Å². The van der Waals surface area contributed by atoms with Crippen molar-refractivity contribution in [2.75, 3.05) is 5.32 Å². The smallest absolute Gasteiger partial charge is 0.416 e. The van der Waals surface area contributed by atoms with Gasteiger partial charge in [-0.15, -0.1) is 0 Å². The molecule has 2 atom stereocenters. The predicted molar refractivity (Wildman–Crippen MR) is 120 cm³/mol. The molecule has 0 fully saturated rings. The third-order valence-electron chi connectivity index (χ3n) is 5.14. The summed E-state index contributed by atoms with van der Waals surface area (Å²) in [6.07, 6.45) is -1.11. The van der Waals surface area contributed by atoms with Crippen LogP contribution >= 0.6 is 0 Å². The van der Waals surface area contributed by atoms with Gasteiger partial charge in [0.1, 0.15) is 11.9 Å². The van der Waals surface area contributed by atoms with Crippen LogP contribution in [0.25, 0.3) is 11.1 Å². The van der Waals surface area contributed by atoms with Crippen LogP contribution in [0.4, 0.5) is 18.9 Å². The Morgan fingerprint density at radius 3 is 2.48 bits per heavy atom. The fourth-order valence-electron chi connectivity index (χ4n) is 3.36. The van der Waals surface area contributed by atoms with Crippen LogP contribution in [0.2, 0.25) is 0 Å². The fourth-order valence-corrected chi connectivity index (χ4v) is 3.36. The van der Waals surface area contributed by atoms with E-state index < -0.39 is 23.9 Å². The van der Waals surface area contributed by atoms with Crippen molar-refractivity contribution in [3.63, 3.8) is 0 Å². The molecule has 0 aliphatic carbocycles. The molecule has 3 rings (SSSR count). The van der Waals surface area contributed by atoms with Crippen LogP contribution in [0, 0.1) is 0 Å². The number of carbonyl (C=O) groups is 1. The van der Waals surface area contributed by atoms with E-state index in [0.717, 1.165) is 17.7 Å². The molecule has 0 aliphatic rings. The van der Waals surface area contributed by atoms with Crippen molar-refractivity contribution < 1.29 is 27.8 Å². The Bertz CT molecular complexity index is 1070. The quantitative estimate of drug-likeness (QED) is 0.469. The van der Waals surface area contributed by atoms with Crippen LogP contribution in [0.1, 0.15) is 31.4 Å². The molecule has 0 saturated heterocycles. The first kappa shape index (κ1) is 24.3. The number of carbonyl (C=O) groups excluding carboxylic acids is 1. The molecule has 0 saturated carbocycles. The number of hydrogen-bond acceptors (Lipinski definition) is 4. The third kappa shape index (κ3) is 6.79. The molecular weight excluding hydrogens is 433 g/mol. The molecule has 33 heavy (non-hydrogen) atoms. The Hall–Kier alpha value is -3.39. The van der Waals surface area contributed by atoms with Crippen molar-refractivity contribution in [2.24, 2.45) is 0 Å². The van der Waals surface area contributed by atoms with E-state index in [4.69, 9.17) is 4.74 Å². The second-order valence-corrected chi connectivity index (χ2v) is 7.75. The van der Waals surface area contributed by atoms with E-state index in [1.165, 1.54) is 13.0 Å². The molecule has 1 amide bonds. The summed E-state index contributed by atoms with van der Waals surface area (Å²) in [5.41, 5.74) is 1.22. The van der Waals surface area contributed by atoms with Gasteiger partial charge in [-0.05, 0) is 67.3 Å². The Morgan fingerprint density at radius 1 is 1.15 bits per heavy atom. The molecule has 0 bridgehead atoms. The first-order valence-corrected chi connectivity index (χ1v) is 10.5. The Labute approximate surface area is 190 Å². The van der Waals surface area contributed by atoms with Crippen LogP contribution in [0.5, 0.6) is 5.75 Å². The maximum atomic E-state index is 13.2. The molecule has 2 aromatic carbocycles. The molecule has 0 radical (unpaired) electrons. The van der Waals surface area contributed by atoms with E-state index >= 15 is 0 Å². The Morgan fingerprint density at radius 2 is 1.88 bits per heavy atom. The lowest BCUT2D eigenvalue weighted by Gasteiger charge is -2.21. The number of rotatable bonds is 8. The van der Waals surface area contributed by atoms with Crippen molar-refractivity contribution in [2.45, 2.75) is 45.1 Å². The minimum absolute atomic E-state index is 0.246. The summed E-state index contributed by atoms with van der Waals surface area (Å²) >= 11 is 0. The van der Waals surface area contributed by atoms with Crippen LogP contribution in [0.15, 0.2) is 67.0 Å². The van der Waals surface area contributed by atoms with Gasteiger partial charge in [-0.3, -0.25) is 9.78 Å². The summed E-state index contributed by atoms with van der Waals surface area (Å²) in [6, 6.07) is 13.4. The highest BCUT2D eigenvalue weighted by Crippen LogP contribution is 2.36. The summed E-state index contributed by atoms with van der Waals surface area (Å²) in [4.78, 5) is 15.5. The molecule has 3 aromatic rings. The van der Waals surface area contributed by atoms with Crippen LogP contribution in [-0.2, 0) is 17.4 Å². The maximum absolute atomic E-state index is 13.2. The summed E-state index contributed by atoms with van der Waals surface area (Å²) in [7, 11) is 0. The van der Waals surface area contributed by atoms with E-state index in [0.29, 0.717) is 24.2 Å². The van der Waals surface area contributed by atoms with Crippen LogP contribution < -0.4 is 10.1 Å². The van der Waals surface area contributed by atoms with Crippen LogP contribution in [-0.4, -0.2) is 28.2 Å². The number of aliphatic hydroxyl groups is 1. The molecule has 2 N–H and O–H groups in total. The fraction of sp³-hybridized carbons (Fsp3) is 0.280. The van der Waals surface area contributed by atoms with Crippen molar-refractivity contribution in [1.82, 2.24) is 4.98 Å². The molecule has 0 aliphatic heterocycles. The number of ether oxygens (including phenoxy) is 1. The number of pyridine rings is 1. The van der Waals surface area contributed by atoms with E-state index in [2.05, 4.69) is 10.3 Å². The molecule has 1 aromatic heterocycles. The maximum Gasteiger partial charge on any atom is 0.416 e. The molecule has 8 heteroatoms. The molecular formula is C25H25F3N2O3. The molecule has 174 valence electrons. The molecule has 5 nitrogen and oxygen atoms in total. The van der Waals surface area contributed by atoms with Gasteiger partial charge >= 0.3 is 6.18 Å². The lowest BCUT2D eigenvalue weighted by Crippen LogP contribution is -2.29. The lowest BCUT2D eigenvalue weighted by atomic mass is 10.00. The summed E-state index contributed by atoms with van der Waals surface area (Å²) in [5, 5.41) is 13.0. The Kier molecular flexibility index (Phi) is 7.71. The summed E-state index contributed by atoms with van der Waals surface area (Å²) in [6.45, 7) is 3.04. The van der Waals surface area contributed by atoms with E-state index in [9.17, 15) is 23.1 Å². The lowest BCUT2D eigenvalue weighted by molar-refractivity contribution is -0.137. The number of nitrogens with one attached hydrogen (secondary N) is 1. The number of anilines is 1. The Balaban J connectivity index is 1.72. The molecule has 2 unspecified atom stereocenters. The number of amides is 1. The predicted octanol–water partition coefficient (Wildman–Crippen LogP) is 5.49. The van der Waals surface area contributed by atoms with Gasteiger partial charge in [-0.25, -0.2) is 0 Å². The topological polar surface area (TPSA) is 71.5 Å². The average molecular weight is 458 g/mol. The highest BCUT2D eigenvalue weighted by atomic mass is 19.4. The van der Waals surface area contributed by atoms with Crippen molar-refractivity contribution in [1.29, 1.82) is 0 Å². The minimum Gasteiger partial charge on any atom is -0.488 e. The average Bonchev–Trinajstić information content (AvgIpc) is 2.78. The highest BCUT2D eigenvalue weighted by Gasteiger charge is 2.31. The first-order chi connectivity index (χ1) is 15.6. The number of halogens is 3. The number of alkyl halides is 3. The van der Waals surface area contributed by atoms with Crippen molar-refractivity contribution in [3.05, 3.63) is 78.1 Å². The molecule has 1 heterocycles. The van der Waals surface area contributed by atoms with Crippen molar-refractivity contribution >= 4 is 11.6 Å². The van der Waals surface area contributed by atoms with E-state index in [1.54, 1.807) is 43.6 Å². The minimum atomic E-state index is -4.51. The van der Waals surface area contributed by atoms with Gasteiger partial charge in [0.2, 0.25) is 5.91 Å². The standard InChI is InChI=1S/C25H25F3N2O3/c1-16(24(32)12-5-18-4-3-13-29-15-18)33-21-9-6-19(7-10-21)22-14-20(25(26,27)28)8-11-23(22)30-17(2)31/h3-4,6-11,13-16,24,32H,5,12H2,1-2H3,(H,30,31). The first-order valence-electron chi connectivity index (χ1n) is 10.5. The van der Waals surface area contributed by atoms with E-state index in [-0.39, 0.29) is 17.2 Å². The zero-order chi connectivity index (χ0) is 24.0. The summed E-state index contributed by atoms with van der Waals surface area (Å²) in [5.74, 6) is 0.0878. The number of aliphatic hydroxyl groups excluding tert-OH is 1. The van der Waals surface area contributed by atoms with Gasteiger partial charge in [-0.2, -0.15) is 13.2 Å². The zero-order valence-corrected chi connectivity index (χ0v) is 18.3. The SMILES string of the molecule is CC(=O)Nc1ccc(C(F)(F)F)cc1-c1ccc(OC(C)C(O)CCc2cccnc2)cc1. The van der Waals surface area contributed by atoms with Gasteiger partial charge in [0, 0.05) is 30.6 Å². The second kappa shape index (κ2) is 10.5. The second-order valence-electron chi connectivity index (χ2n) is 7.75. The number of benzene rings is 2. The van der Waals surface area contributed by atoms with Gasteiger partial charge in [0.15, 0.2) is 0 Å². The highest BCUT2D eigenvalue weighted by molar-refractivity contribution is 5.94. The van der Waals surface area contributed by atoms with Gasteiger partial charge in [0.25, 0.3) is 0 Å². The van der Waals surface area contributed by atoms with Gasteiger partial charge in [-0.1, -0.05) is 18.2 Å².